The van der Waals surface area contributed by atoms with Gasteiger partial charge in [0, 0.05) is 28.1 Å². The molecular weight excluding hydrogens is 459 g/mol. The Kier molecular flexibility index (Phi) is 5.84. The van der Waals surface area contributed by atoms with Crippen molar-refractivity contribution in [1.29, 1.82) is 5.26 Å². The fourth-order valence-corrected chi connectivity index (χ4v) is 4.76. The monoisotopic (exact) mass is 480 g/mol. The lowest BCUT2D eigenvalue weighted by Crippen LogP contribution is -2.50. The van der Waals surface area contributed by atoms with Gasteiger partial charge in [-0.1, -0.05) is 31.5 Å². The molecule has 4 N–H and O–H groups in total. The topological polar surface area (TPSA) is 119 Å². The van der Waals surface area contributed by atoms with Crippen molar-refractivity contribution in [3.8, 4) is 11.8 Å². The van der Waals surface area contributed by atoms with Crippen molar-refractivity contribution in [2.75, 3.05) is 0 Å². The van der Waals surface area contributed by atoms with Crippen LogP contribution in [-0.4, -0.2) is 21.8 Å². The number of benzene rings is 2. The van der Waals surface area contributed by atoms with E-state index >= 15 is 0 Å². The van der Waals surface area contributed by atoms with E-state index in [0.717, 1.165) is 0 Å². The number of hydrogen-bond donors (Lipinski definition) is 3. The van der Waals surface area contributed by atoms with Gasteiger partial charge in [0.1, 0.15) is 17.4 Å². The molecule has 0 aromatic heterocycles. The highest BCUT2D eigenvalue weighted by atomic mass is 35.5. The molecule has 0 saturated heterocycles. The van der Waals surface area contributed by atoms with Crippen LogP contribution in [0.15, 0.2) is 65.1 Å². The molecular formula is C25H22ClFN4O3. The molecule has 0 saturated carbocycles. The van der Waals surface area contributed by atoms with Crippen LogP contribution in [0.5, 0.6) is 5.75 Å². The number of nitrogens with one attached hydrogen (secondary N) is 1. The molecule has 0 spiro atoms. The number of hydrogen-bond acceptors (Lipinski definition) is 6. The predicted molar refractivity (Wildman–Crippen MR) is 123 cm³/mol. The van der Waals surface area contributed by atoms with Crippen molar-refractivity contribution in [2.45, 2.75) is 32.6 Å². The van der Waals surface area contributed by atoms with E-state index in [-0.39, 0.29) is 51.1 Å². The lowest BCUT2D eigenvalue weighted by atomic mass is 9.69. The van der Waals surface area contributed by atoms with Gasteiger partial charge in [0.15, 0.2) is 5.78 Å². The summed E-state index contributed by atoms with van der Waals surface area (Å²) in [6, 6.07) is 11.7. The lowest BCUT2D eigenvalue weighted by Gasteiger charge is -2.43. The molecule has 0 fully saturated rings. The number of aromatic hydroxyl groups is 1. The predicted octanol–water partition coefficient (Wildman–Crippen LogP) is 4.27. The molecule has 1 aliphatic heterocycles. The number of rotatable bonds is 3. The van der Waals surface area contributed by atoms with Crippen molar-refractivity contribution in [3.63, 3.8) is 0 Å². The normalized spacial score (nSPS) is 19.6. The number of allylic oxidation sites excluding steroid dienone is 3. The molecule has 1 amide bonds. The zero-order chi connectivity index (χ0) is 24.8. The smallest absolute Gasteiger partial charge is 0.270 e. The number of nitrogens with two attached hydrogens (primary N) is 1. The summed E-state index contributed by atoms with van der Waals surface area (Å²) in [6.45, 7) is 3.80. The van der Waals surface area contributed by atoms with Gasteiger partial charge < -0.3 is 10.8 Å². The van der Waals surface area contributed by atoms with Crippen LogP contribution in [0.2, 0.25) is 5.02 Å². The minimum absolute atomic E-state index is 0.00470. The average molecular weight is 481 g/mol. The van der Waals surface area contributed by atoms with Crippen molar-refractivity contribution in [3.05, 3.63) is 87.1 Å². The molecule has 1 heterocycles. The van der Waals surface area contributed by atoms with E-state index in [4.69, 9.17) is 17.3 Å². The number of halogens is 2. The molecule has 4 rings (SSSR count). The molecule has 9 heteroatoms. The Morgan fingerprint density at radius 2 is 1.94 bits per heavy atom. The molecule has 1 atom stereocenters. The van der Waals surface area contributed by atoms with Gasteiger partial charge >= 0.3 is 0 Å². The van der Waals surface area contributed by atoms with E-state index in [2.05, 4.69) is 5.43 Å². The van der Waals surface area contributed by atoms with Crippen LogP contribution >= 0.6 is 11.6 Å². The highest BCUT2D eigenvalue weighted by Gasteiger charge is 2.46. The van der Waals surface area contributed by atoms with Crippen LogP contribution in [0.1, 0.15) is 48.5 Å². The van der Waals surface area contributed by atoms with Crippen LogP contribution < -0.4 is 11.2 Å². The second-order valence-corrected chi connectivity index (χ2v) is 9.51. The fraction of sp³-hybridized carbons (Fsp3) is 0.240. The van der Waals surface area contributed by atoms with Crippen LogP contribution in [0.4, 0.5) is 4.39 Å². The molecule has 2 aromatic rings. The number of carbonyl (C=O) groups excluding carboxylic acids is 2. The molecule has 174 valence electrons. The summed E-state index contributed by atoms with van der Waals surface area (Å²) in [4.78, 5) is 26.4. The number of carbonyl (C=O) groups is 2. The number of nitriles is 1. The quantitative estimate of drug-likeness (QED) is 0.603. The Morgan fingerprint density at radius 3 is 2.56 bits per heavy atom. The Morgan fingerprint density at radius 1 is 1.26 bits per heavy atom. The maximum atomic E-state index is 15.0. The standard InChI is InChI=1S/C25H22ClFN4O3/c1-25(2)10-18-22(19(33)11-25)20(21-16(26)4-3-5-17(21)27)15(12-28)23(29)31(18)30-24(34)13-6-8-14(32)9-7-13/h3-9,20,32H,10-11,29H2,1-2H3,(H,30,34). The largest absolute Gasteiger partial charge is 0.508 e. The maximum Gasteiger partial charge on any atom is 0.270 e. The van der Waals surface area contributed by atoms with Gasteiger partial charge in [-0.25, -0.2) is 9.40 Å². The molecule has 7 nitrogen and oxygen atoms in total. The van der Waals surface area contributed by atoms with Crippen molar-refractivity contribution >= 4 is 23.3 Å². The lowest BCUT2D eigenvalue weighted by molar-refractivity contribution is -0.118. The van der Waals surface area contributed by atoms with Gasteiger partial charge in [0.05, 0.1) is 23.3 Å². The number of phenolic OH excluding ortho intramolecular Hbond substituents is 1. The van der Waals surface area contributed by atoms with Gasteiger partial charge in [-0.05, 0) is 48.2 Å². The second kappa shape index (κ2) is 8.50. The summed E-state index contributed by atoms with van der Waals surface area (Å²) < 4.78 is 15.0. The molecule has 2 aliphatic rings. The van der Waals surface area contributed by atoms with E-state index in [0.29, 0.717) is 12.1 Å². The Bertz CT molecular complexity index is 1290. The number of amides is 1. The SMILES string of the molecule is CC1(C)CC(=O)C2=C(C1)N(NC(=O)c1ccc(O)cc1)C(N)=C(C#N)C2c1c(F)cccc1Cl. The third-order valence-electron chi connectivity index (χ3n) is 6.01. The van der Waals surface area contributed by atoms with E-state index < -0.39 is 23.1 Å². The minimum atomic E-state index is -1.10. The number of ketones is 1. The van der Waals surface area contributed by atoms with Crippen molar-refractivity contribution < 1.29 is 19.1 Å². The van der Waals surface area contributed by atoms with Crippen LogP contribution in [0.25, 0.3) is 0 Å². The molecule has 0 radical (unpaired) electrons. The molecule has 0 bridgehead atoms. The molecule has 1 aliphatic carbocycles. The van der Waals surface area contributed by atoms with Crippen molar-refractivity contribution in [2.24, 2.45) is 11.1 Å². The number of nitrogens with zero attached hydrogens (tertiary/aromatic N) is 2. The first kappa shape index (κ1) is 23.3. The van der Waals surface area contributed by atoms with Crippen LogP contribution in [0, 0.1) is 22.6 Å². The van der Waals surface area contributed by atoms with Crippen molar-refractivity contribution in [1.82, 2.24) is 10.4 Å². The molecule has 1 unspecified atom stereocenters. The van der Waals surface area contributed by atoms with Gasteiger partial charge in [-0.3, -0.25) is 15.0 Å². The summed E-state index contributed by atoms with van der Waals surface area (Å²) in [5.41, 5.74) is 9.27. The Hall–Kier alpha value is -3.83. The average Bonchev–Trinajstić information content (AvgIpc) is 2.75. The number of Topliss-reactive ketones (excluding diaryl/α,β-unsaturated/α-hetero) is 1. The van der Waals surface area contributed by atoms with Crippen LogP contribution in [-0.2, 0) is 4.79 Å². The third-order valence-corrected chi connectivity index (χ3v) is 6.34. The number of phenols is 1. The Labute approximate surface area is 200 Å². The zero-order valence-corrected chi connectivity index (χ0v) is 19.3. The van der Waals surface area contributed by atoms with Gasteiger partial charge in [0.25, 0.3) is 5.91 Å². The van der Waals surface area contributed by atoms with Gasteiger partial charge in [-0.2, -0.15) is 5.26 Å². The van der Waals surface area contributed by atoms with E-state index in [1.807, 2.05) is 19.9 Å². The summed E-state index contributed by atoms with van der Waals surface area (Å²) in [6.07, 6.45) is 0.513. The molecule has 2 aromatic carbocycles. The van der Waals surface area contributed by atoms with Crippen LogP contribution in [0.3, 0.4) is 0 Å². The summed E-state index contributed by atoms with van der Waals surface area (Å²) >= 11 is 6.33. The third kappa shape index (κ3) is 3.99. The summed E-state index contributed by atoms with van der Waals surface area (Å²) in [5.74, 6) is -2.73. The minimum Gasteiger partial charge on any atom is -0.508 e. The fourth-order valence-electron chi connectivity index (χ4n) is 4.49. The van der Waals surface area contributed by atoms with Gasteiger partial charge in [0.2, 0.25) is 0 Å². The summed E-state index contributed by atoms with van der Waals surface area (Å²) in [7, 11) is 0. The van der Waals surface area contributed by atoms with Gasteiger partial charge in [-0.15, -0.1) is 0 Å². The Balaban J connectivity index is 1.90. The van der Waals surface area contributed by atoms with E-state index in [1.165, 1.54) is 47.5 Å². The second-order valence-electron chi connectivity index (χ2n) is 9.10. The number of hydrazine groups is 1. The highest BCUT2D eigenvalue weighted by Crippen LogP contribution is 2.50. The first-order valence-corrected chi connectivity index (χ1v) is 10.9. The highest BCUT2D eigenvalue weighted by molar-refractivity contribution is 6.31. The van der Waals surface area contributed by atoms with E-state index in [9.17, 15) is 24.3 Å². The van der Waals surface area contributed by atoms with E-state index in [1.54, 1.807) is 0 Å². The maximum absolute atomic E-state index is 15.0. The molecule has 34 heavy (non-hydrogen) atoms. The first-order valence-electron chi connectivity index (χ1n) is 10.5. The zero-order valence-electron chi connectivity index (χ0n) is 18.5. The first-order chi connectivity index (χ1) is 16.0. The summed E-state index contributed by atoms with van der Waals surface area (Å²) in [5, 5.41) is 20.8.